The Morgan fingerprint density at radius 3 is 2.42 bits per heavy atom. The van der Waals surface area contributed by atoms with Crippen LogP contribution in [0.25, 0.3) is 10.8 Å². The Bertz CT molecular complexity index is 1190. The summed E-state index contributed by atoms with van der Waals surface area (Å²) in [4.78, 5) is 17.7. The Labute approximate surface area is 200 Å². The number of likely N-dealkylation sites (tertiary alicyclic amines) is 2. The van der Waals surface area contributed by atoms with Crippen LogP contribution in [0, 0.1) is 11.3 Å². The number of halogens is 1. The maximum atomic E-state index is 13.5. The standard InChI is InChI=1S/C24H29ClN4O3S/c1-17(2)27-11-7-21(8-12-27)28-13-9-23(24(28)30)29(14-10-26)33(31,32)22-6-4-18-15-20(25)5-3-19(18)16-22/h3-6,15-17,21,23H,7-9,11-14H2,1-2H3. The molecule has 1 unspecified atom stereocenters. The highest BCUT2D eigenvalue weighted by Gasteiger charge is 2.44. The van der Waals surface area contributed by atoms with Gasteiger partial charge < -0.3 is 9.80 Å². The third-order valence-electron chi connectivity index (χ3n) is 6.84. The molecule has 0 aromatic heterocycles. The summed E-state index contributed by atoms with van der Waals surface area (Å²) < 4.78 is 28.2. The van der Waals surface area contributed by atoms with Crippen LogP contribution in [0.15, 0.2) is 41.3 Å². The number of sulfonamides is 1. The second kappa shape index (κ2) is 9.59. The number of nitrogens with zero attached hydrogens (tertiary/aromatic N) is 4. The second-order valence-corrected chi connectivity index (χ2v) is 11.4. The highest BCUT2D eigenvalue weighted by Crippen LogP contribution is 2.30. The minimum absolute atomic E-state index is 0.0732. The number of hydrogen-bond acceptors (Lipinski definition) is 5. The molecular formula is C24H29ClN4O3S. The van der Waals surface area contributed by atoms with E-state index < -0.39 is 16.1 Å². The lowest BCUT2D eigenvalue weighted by atomic mass is 10.0. The SMILES string of the molecule is CC(C)N1CCC(N2CCC(N(CC#N)S(=O)(=O)c3ccc4cc(Cl)ccc4c3)C2=O)CC1. The molecule has 2 fully saturated rings. The van der Waals surface area contributed by atoms with Crippen molar-refractivity contribution in [1.29, 1.82) is 5.26 Å². The van der Waals surface area contributed by atoms with Crippen LogP contribution in [0.4, 0.5) is 0 Å². The van der Waals surface area contributed by atoms with Gasteiger partial charge in [0.2, 0.25) is 15.9 Å². The highest BCUT2D eigenvalue weighted by molar-refractivity contribution is 7.89. The van der Waals surface area contributed by atoms with E-state index in [-0.39, 0.29) is 23.4 Å². The van der Waals surface area contributed by atoms with Gasteiger partial charge in [0.15, 0.2) is 0 Å². The molecule has 0 N–H and O–H groups in total. The maximum absolute atomic E-state index is 13.5. The van der Waals surface area contributed by atoms with Crippen LogP contribution in [-0.2, 0) is 14.8 Å². The van der Waals surface area contributed by atoms with Gasteiger partial charge in [0, 0.05) is 36.7 Å². The van der Waals surface area contributed by atoms with E-state index in [0.29, 0.717) is 24.0 Å². The number of benzene rings is 2. The van der Waals surface area contributed by atoms with E-state index >= 15 is 0 Å². The Kier molecular flexibility index (Phi) is 6.96. The van der Waals surface area contributed by atoms with Crippen LogP contribution in [0.2, 0.25) is 5.02 Å². The zero-order chi connectivity index (χ0) is 23.8. The van der Waals surface area contributed by atoms with Crippen LogP contribution < -0.4 is 0 Å². The molecule has 7 nitrogen and oxygen atoms in total. The molecule has 2 aromatic carbocycles. The molecule has 2 heterocycles. The fraction of sp³-hybridized carbons (Fsp3) is 0.500. The lowest BCUT2D eigenvalue weighted by Crippen LogP contribution is -2.50. The molecule has 2 saturated heterocycles. The van der Waals surface area contributed by atoms with Crippen molar-refractivity contribution in [2.24, 2.45) is 0 Å². The molecule has 1 atom stereocenters. The molecule has 1 amide bonds. The number of hydrogen-bond donors (Lipinski definition) is 0. The number of piperidine rings is 1. The number of amides is 1. The van der Waals surface area contributed by atoms with Gasteiger partial charge in [0.25, 0.3) is 0 Å². The zero-order valence-corrected chi connectivity index (χ0v) is 20.5. The van der Waals surface area contributed by atoms with Crippen LogP contribution >= 0.6 is 11.6 Å². The molecule has 0 radical (unpaired) electrons. The third-order valence-corrected chi connectivity index (χ3v) is 8.92. The van der Waals surface area contributed by atoms with Gasteiger partial charge in [-0.3, -0.25) is 4.79 Å². The molecular weight excluding hydrogens is 460 g/mol. The summed E-state index contributed by atoms with van der Waals surface area (Å²) in [7, 11) is -4.03. The van der Waals surface area contributed by atoms with Crippen molar-refractivity contribution in [2.45, 2.75) is 56.1 Å². The normalized spacial score (nSPS) is 20.8. The third kappa shape index (κ3) is 4.73. The van der Waals surface area contributed by atoms with Crippen LogP contribution in [-0.4, -0.2) is 72.7 Å². The van der Waals surface area contributed by atoms with Gasteiger partial charge in [-0.1, -0.05) is 23.7 Å². The van der Waals surface area contributed by atoms with Crippen molar-refractivity contribution >= 4 is 38.3 Å². The lowest BCUT2D eigenvalue weighted by molar-refractivity contribution is -0.133. The Hall–Kier alpha value is -2.18. The first kappa shape index (κ1) is 24.0. The maximum Gasteiger partial charge on any atom is 0.244 e. The fourth-order valence-electron chi connectivity index (χ4n) is 4.95. The van der Waals surface area contributed by atoms with E-state index in [9.17, 15) is 18.5 Å². The first-order chi connectivity index (χ1) is 15.7. The topological polar surface area (TPSA) is 84.7 Å². The van der Waals surface area contributed by atoms with Crippen LogP contribution in [0.3, 0.4) is 0 Å². The molecule has 176 valence electrons. The number of rotatable bonds is 6. The molecule has 0 saturated carbocycles. The summed E-state index contributed by atoms with van der Waals surface area (Å²) in [5, 5.41) is 11.5. The van der Waals surface area contributed by atoms with E-state index in [1.54, 1.807) is 30.3 Å². The Morgan fingerprint density at radius 2 is 1.76 bits per heavy atom. The minimum Gasteiger partial charge on any atom is -0.338 e. The van der Waals surface area contributed by atoms with Gasteiger partial charge in [-0.2, -0.15) is 9.57 Å². The predicted molar refractivity (Wildman–Crippen MR) is 128 cm³/mol. The van der Waals surface area contributed by atoms with E-state index in [4.69, 9.17) is 11.6 Å². The molecule has 0 spiro atoms. The van der Waals surface area contributed by atoms with Crippen molar-refractivity contribution in [3.05, 3.63) is 41.4 Å². The predicted octanol–water partition coefficient (Wildman–Crippen LogP) is 3.48. The molecule has 2 aliphatic heterocycles. The van der Waals surface area contributed by atoms with E-state index in [2.05, 4.69) is 18.7 Å². The van der Waals surface area contributed by atoms with Crippen molar-refractivity contribution < 1.29 is 13.2 Å². The summed E-state index contributed by atoms with van der Waals surface area (Å²) >= 11 is 6.04. The fourth-order valence-corrected chi connectivity index (χ4v) is 6.68. The first-order valence-corrected chi connectivity index (χ1v) is 13.2. The zero-order valence-electron chi connectivity index (χ0n) is 18.9. The van der Waals surface area contributed by atoms with Crippen LogP contribution in [0.1, 0.15) is 33.1 Å². The van der Waals surface area contributed by atoms with Gasteiger partial charge in [-0.15, -0.1) is 0 Å². The lowest BCUT2D eigenvalue weighted by Gasteiger charge is -2.38. The molecule has 2 aliphatic rings. The van der Waals surface area contributed by atoms with Gasteiger partial charge in [0.05, 0.1) is 11.0 Å². The van der Waals surface area contributed by atoms with E-state index in [1.807, 2.05) is 11.0 Å². The number of carbonyl (C=O) groups is 1. The Balaban J connectivity index is 1.56. The molecule has 0 bridgehead atoms. The smallest absolute Gasteiger partial charge is 0.244 e. The van der Waals surface area contributed by atoms with Gasteiger partial charge in [-0.25, -0.2) is 8.42 Å². The van der Waals surface area contributed by atoms with Gasteiger partial charge in [0.1, 0.15) is 12.6 Å². The number of carbonyl (C=O) groups excluding carboxylic acids is 1. The summed E-state index contributed by atoms with van der Waals surface area (Å²) in [6, 6.07) is 11.7. The van der Waals surface area contributed by atoms with Crippen molar-refractivity contribution in [3.8, 4) is 6.07 Å². The Morgan fingerprint density at radius 1 is 1.09 bits per heavy atom. The summed E-state index contributed by atoms with van der Waals surface area (Å²) in [6.07, 6.45) is 2.16. The van der Waals surface area contributed by atoms with Crippen molar-refractivity contribution in [3.63, 3.8) is 0 Å². The van der Waals surface area contributed by atoms with Gasteiger partial charge in [-0.05, 0) is 68.1 Å². The van der Waals surface area contributed by atoms with Crippen molar-refractivity contribution in [1.82, 2.24) is 14.1 Å². The highest BCUT2D eigenvalue weighted by atomic mass is 35.5. The molecule has 2 aromatic rings. The minimum atomic E-state index is -4.03. The van der Waals surface area contributed by atoms with Gasteiger partial charge >= 0.3 is 0 Å². The monoisotopic (exact) mass is 488 g/mol. The number of nitriles is 1. The average molecular weight is 489 g/mol. The summed E-state index contributed by atoms with van der Waals surface area (Å²) in [6.45, 7) is 6.35. The largest absolute Gasteiger partial charge is 0.338 e. The molecule has 0 aliphatic carbocycles. The van der Waals surface area contributed by atoms with Crippen molar-refractivity contribution in [2.75, 3.05) is 26.2 Å². The second-order valence-electron chi connectivity index (χ2n) is 9.06. The molecule has 33 heavy (non-hydrogen) atoms. The summed E-state index contributed by atoms with van der Waals surface area (Å²) in [5.41, 5.74) is 0. The molecule has 4 rings (SSSR count). The van der Waals surface area contributed by atoms with Crippen LogP contribution in [0.5, 0.6) is 0 Å². The first-order valence-electron chi connectivity index (χ1n) is 11.3. The average Bonchev–Trinajstić information content (AvgIpc) is 3.17. The van der Waals surface area contributed by atoms with E-state index in [1.165, 1.54) is 6.07 Å². The summed E-state index contributed by atoms with van der Waals surface area (Å²) in [5.74, 6) is -0.190. The number of fused-ring (bicyclic) bond motifs is 1. The van der Waals surface area contributed by atoms with E-state index in [0.717, 1.165) is 41.0 Å². The molecule has 9 heteroatoms. The quantitative estimate of drug-likeness (QED) is 0.581.